The highest BCUT2D eigenvalue weighted by molar-refractivity contribution is 5.96. The predicted molar refractivity (Wildman–Crippen MR) is 104 cm³/mol. The molecule has 0 atom stereocenters. The fourth-order valence-electron chi connectivity index (χ4n) is 6.85. The van der Waals surface area contributed by atoms with Crippen LogP contribution in [-0.4, -0.2) is 58.8 Å². The van der Waals surface area contributed by atoms with Gasteiger partial charge in [-0.1, -0.05) is 0 Å². The van der Waals surface area contributed by atoms with E-state index in [1.54, 1.807) is 0 Å². The van der Waals surface area contributed by atoms with Gasteiger partial charge in [0.05, 0.1) is 25.4 Å². The van der Waals surface area contributed by atoms with Gasteiger partial charge < -0.3 is 19.7 Å². The van der Waals surface area contributed by atoms with Crippen molar-refractivity contribution in [3.8, 4) is 0 Å². The average molecular weight is 421 g/mol. The van der Waals surface area contributed by atoms with Crippen LogP contribution in [0.4, 0.5) is 0 Å². The van der Waals surface area contributed by atoms with Gasteiger partial charge in [-0.3, -0.25) is 14.4 Å². The summed E-state index contributed by atoms with van der Waals surface area (Å²) in [6.07, 6.45) is 9.74. The van der Waals surface area contributed by atoms with Crippen LogP contribution in [0, 0.1) is 16.2 Å². The zero-order valence-corrected chi connectivity index (χ0v) is 17.5. The monoisotopic (exact) mass is 420 g/mol. The number of hydrogen-bond acceptors (Lipinski definition) is 7. The van der Waals surface area contributed by atoms with Crippen LogP contribution in [0.3, 0.4) is 0 Å². The van der Waals surface area contributed by atoms with E-state index in [1.165, 1.54) is 0 Å². The van der Waals surface area contributed by atoms with Gasteiger partial charge in [0.2, 0.25) is 0 Å². The van der Waals surface area contributed by atoms with E-state index in [9.17, 15) is 19.5 Å². The summed E-state index contributed by atoms with van der Waals surface area (Å²) in [5, 5.41) is 18.1. The molecule has 7 heteroatoms. The normalized spacial score (nSPS) is 38.2. The van der Waals surface area contributed by atoms with E-state index in [2.05, 4.69) is 0 Å². The first-order chi connectivity index (χ1) is 14.1. The maximum absolute atomic E-state index is 10.5. The summed E-state index contributed by atoms with van der Waals surface area (Å²) in [4.78, 5) is 31.5. The summed E-state index contributed by atoms with van der Waals surface area (Å²) in [6.45, 7) is 1.50. The van der Waals surface area contributed by atoms with Gasteiger partial charge in [0.25, 0.3) is 0 Å². The van der Waals surface area contributed by atoms with E-state index in [0.717, 1.165) is 64.6 Å². The van der Waals surface area contributed by atoms with Crippen molar-refractivity contribution < 1.29 is 34.1 Å². The Morgan fingerprint density at radius 2 is 0.967 bits per heavy atom. The largest absolute Gasteiger partial charge is 0.393 e. The number of carbonyl (C=O) groups is 3. The summed E-state index contributed by atoms with van der Waals surface area (Å²) in [7, 11) is 0. The topological polar surface area (TPSA) is 110 Å². The van der Waals surface area contributed by atoms with Crippen LogP contribution in [0.1, 0.15) is 77.0 Å². The van der Waals surface area contributed by atoms with Crippen LogP contribution < -0.4 is 0 Å². The molecule has 30 heavy (non-hydrogen) atoms. The summed E-state index contributed by atoms with van der Waals surface area (Å²) in [5.41, 5.74) is 0.869. The van der Waals surface area contributed by atoms with Gasteiger partial charge in [0, 0.05) is 51.4 Å². The number of ether oxygens (including phenoxy) is 2. The number of aliphatic hydroxyl groups excluding tert-OH is 2. The molecule has 0 aromatic heterocycles. The van der Waals surface area contributed by atoms with Crippen molar-refractivity contribution in [1.29, 1.82) is 0 Å². The molecular formula is C23H32O7. The molecule has 7 fully saturated rings. The van der Waals surface area contributed by atoms with Crippen molar-refractivity contribution in [3.05, 3.63) is 0 Å². The van der Waals surface area contributed by atoms with Crippen molar-refractivity contribution >= 4 is 17.3 Å². The number of Topliss-reactive ketones (excluding diaryl/α,β-unsaturated/α-hetero) is 3. The highest BCUT2D eigenvalue weighted by Crippen LogP contribution is 2.62. The molecule has 0 unspecified atom stereocenters. The lowest BCUT2D eigenvalue weighted by Crippen LogP contribution is -2.59. The lowest BCUT2D eigenvalue weighted by molar-refractivity contribution is -0.293. The molecule has 0 aromatic rings. The van der Waals surface area contributed by atoms with E-state index in [-0.39, 0.29) is 28.8 Å². The van der Waals surface area contributed by atoms with E-state index in [0.29, 0.717) is 48.4 Å². The number of carbonyl (C=O) groups excluding carboxylic acids is 3. The van der Waals surface area contributed by atoms with Gasteiger partial charge in [-0.2, -0.15) is 0 Å². The molecule has 0 bridgehead atoms. The van der Waals surface area contributed by atoms with Gasteiger partial charge in [0.15, 0.2) is 5.79 Å². The first kappa shape index (κ1) is 20.7. The van der Waals surface area contributed by atoms with Crippen molar-refractivity contribution in [2.75, 3.05) is 13.2 Å². The number of rotatable bonds is 0. The molecular weight excluding hydrogens is 388 g/mol. The van der Waals surface area contributed by atoms with Gasteiger partial charge >= 0.3 is 0 Å². The van der Waals surface area contributed by atoms with Crippen LogP contribution in [0.2, 0.25) is 0 Å². The minimum Gasteiger partial charge on any atom is -0.393 e. The highest BCUT2D eigenvalue weighted by Gasteiger charge is 2.63. The second-order valence-corrected chi connectivity index (χ2v) is 11.3. The van der Waals surface area contributed by atoms with Gasteiger partial charge in [0.1, 0.15) is 17.3 Å². The van der Waals surface area contributed by atoms with E-state index in [1.807, 2.05) is 0 Å². The molecule has 166 valence electrons. The van der Waals surface area contributed by atoms with Crippen LogP contribution in [-0.2, 0) is 23.9 Å². The molecule has 1 heterocycles. The molecule has 6 aliphatic carbocycles. The van der Waals surface area contributed by atoms with Crippen molar-refractivity contribution in [3.63, 3.8) is 0 Å². The van der Waals surface area contributed by atoms with E-state index >= 15 is 0 Å². The summed E-state index contributed by atoms with van der Waals surface area (Å²) < 4.78 is 11.1. The lowest BCUT2D eigenvalue weighted by Gasteiger charge is -2.59. The first-order valence-corrected chi connectivity index (χ1v) is 11.3. The standard InChI is InChI=1S/C9H14O3.C7H10O2.C7H8O2/c10-7-3-8(4-7)5-9(6-8)11-1-2-12-9;2*8-5-1-7(2-5)3-6(9)4-7/h7,10H,1-6H2;5,8H,1-4H2;1-4H2. The minimum atomic E-state index is -0.222. The molecule has 0 amide bonds. The van der Waals surface area contributed by atoms with Gasteiger partial charge in [-0.15, -0.1) is 0 Å². The van der Waals surface area contributed by atoms with Crippen molar-refractivity contribution in [2.24, 2.45) is 16.2 Å². The Kier molecular flexibility index (Phi) is 4.79. The highest BCUT2D eigenvalue weighted by atomic mass is 16.7. The van der Waals surface area contributed by atoms with Gasteiger partial charge in [-0.05, 0) is 41.9 Å². The SMILES string of the molecule is O=C1CC2(C1)CC(=O)C2.O=C1CC2(C1)CC(O)C2.OC1CC2(C1)CC1(C2)OCCO1. The fourth-order valence-corrected chi connectivity index (χ4v) is 6.85. The molecule has 0 aromatic carbocycles. The average Bonchev–Trinajstić information content (AvgIpc) is 2.98. The van der Waals surface area contributed by atoms with Crippen LogP contribution in [0.25, 0.3) is 0 Å². The Balaban J connectivity index is 0.0000000980. The fraction of sp³-hybridized carbons (Fsp3) is 0.870. The van der Waals surface area contributed by atoms with Crippen LogP contribution >= 0.6 is 0 Å². The first-order valence-electron chi connectivity index (χ1n) is 11.3. The molecule has 7 rings (SSSR count). The second kappa shape index (κ2) is 6.92. The molecule has 1 aliphatic heterocycles. The maximum atomic E-state index is 10.5. The zero-order chi connectivity index (χ0) is 21.2. The summed E-state index contributed by atoms with van der Waals surface area (Å²) in [5.74, 6) is 0.826. The van der Waals surface area contributed by atoms with Crippen molar-refractivity contribution in [1.82, 2.24) is 0 Å². The Labute approximate surface area is 176 Å². The third kappa shape index (κ3) is 3.68. The third-order valence-electron chi connectivity index (χ3n) is 8.21. The Morgan fingerprint density at radius 1 is 0.600 bits per heavy atom. The number of hydrogen-bond donors (Lipinski definition) is 2. The number of ketones is 3. The molecule has 4 spiro atoms. The van der Waals surface area contributed by atoms with Crippen molar-refractivity contribution in [2.45, 2.75) is 95.0 Å². The number of aliphatic hydroxyl groups is 2. The molecule has 6 saturated carbocycles. The third-order valence-corrected chi connectivity index (χ3v) is 8.21. The quantitative estimate of drug-likeness (QED) is 0.615. The zero-order valence-electron chi connectivity index (χ0n) is 17.5. The summed E-state index contributed by atoms with van der Waals surface area (Å²) in [6, 6.07) is 0. The van der Waals surface area contributed by atoms with Crippen LogP contribution in [0.5, 0.6) is 0 Å². The van der Waals surface area contributed by atoms with Crippen LogP contribution in [0.15, 0.2) is 0 Å². The molecule has 2 N–H and O–H groups in total. The summed E-state index contributed by atoms with van der Waals surface area (Å²) >= 11 is 0. The molecule has 0 radical (unpaired) electrons. The Bertz CT molecular complexity index is 692. The molecule has 1 saturated heterocycles. The predicted octanol–water partition coefficient (Wildman–Crippen LogP) is 1.85. The maximum Gasteiger partial charge on any atom is 0.169 e. The molecule has 7 nitrogen and oxygen atoms in total. The van der Waals surface area contributed by atoms with E-state index < -0.39 is 0 Å². The second-order valence-electron chi connectivity index (χ2n) is 11.3. The Morgan fingerprint density at radius 3 is 1.33 bits per heavy atom. The minimum absolute atomic E-state index is 0.0521. The Hall–Kier alpha value is -1.15. The smallest absolute Gasteiger partial charge is 0.169 e. The van der Waals surface area contributed by atoms with Gasteiger partial charge in [-0.25, -0.2) is 0 Å². The lowest BCUT2D eigenvalue weighted by atomic mass is 9.52. The van der Waals surface area contributed by atoms with E-state index in [4.69, 9.17) is 14.6 Å². The molecule has 7 aliphatic rings.